The summed E-state index contributed by atoms with van der Waals surface area (Å²) in [6, 6.07) is -0.701. The molecule has 3 atom stereocenters. The van der Waals surface area contributed by atoms with Gasteiger partial charge in [-0.15, -0.1) is 0 Å². The summed E-state index contributed by atoms with van der Waals surface area (Å²) < 4.78 is 5.88. The van der Waals surface area contributed by atoms with Crippen LogP contribution in [0.3, 0.4) is 0 Å². The molecule has 54 heavy (non-hydrogen) atoms. The van der Waals surface area contributed by atoms with Gasteiger partial charge in [-0.05, 0) is 44.9 Å². The van der Waals surface area contributed by atoms with Gasteiger partial charge < -0.3 is 20.3 Å². The number of ether oxygens (including phenoxy) is 1. The largest absolute Gasteiger partial charge is 0.462 e. The van der Waals surface area contributed by atoms with E-state index in [0.29, 0.717) is 19.3 Å². The van der Waals surface area contributed by atoms with Gasteiger partial charge in [-0.1, -0.05) is 213 Å². The van der Waals surface area contributed by atoms with Crippen molar-refractivity contribution in [3.05, 3.63) is 12.2 Å². The number of hydrogen-bond donors (Lipinski definition) is 3. The number of hydrogen-bond acceptors (Lipinski definition) is 5. The quantitative estimate of drug-likeness (QED) is 0.0326. The SMILES string of the molecule is CCCCCCCC/C=C\CCCC(CC(=O)NC(CO)C(O)CCCCCCCCCCCCCCC)OC(=O)CCCCCCCCCCCCC. The van der Waals surface area contributed by atoms with Gasteiger partial charge in [-0.3, -0.25) is 9.59 Å². The predicted molar refractivity (Wildman–Crippen MR) is 232 cm³/mol. The molecule has 6 heteroatoms. The maximum absolute atomic E-state index is 13.1. The molecule has 0 heterocycles. The molecule has 3 unspecified atom stereocenters. The Balaban J connectivity index is 4.55. The number of unbranched alkanes of at least 4 members (excludes halogenated alkanes) is 29. The topological polar surface area (TPSA) is 95.9 Å². The second kappa shape index (κ2) is 42.7. The minimum Gasteiger partial charge on any atom is -0.462 e. The van der Waals surface area contributed by atoms with Gasteiger partial charge in [0.15, 0.2) is 0 Å². The fourth-order valence-electron chi connectivity index (χ4n) is 7.43. The van der Waals surface area contributed by atoms with E-state index in [4.69, 9.17) is 4.74 Å². The fourth-order valence-corrected chi connectivity index (χ4v) is 7.43. The van der Waals surface area contributed by atoms with Crippen molar-refractivity contribution in [1.82, 2.24) is 5.32 Å². The average molecular weight is 764 g/mol. The summed E-state index contributed by atoms with van der Waals surface area (Å²) in [7, 11) is 0. The second-order valence-corrected chi connectivity index (χ2v) is 16.5. The first-order valence-electron chi connectivity index (χ1n) is 23.9. The zero-order chi connectivity index (χ0) is 39.6. The molecular weight excluding hydrogens is 671 g/mol. The molecule has 0 saturated heterocycles. The van der Waals surface area contributed by atoms with Crippen LogP contribution in [-0.4, -0.2) is 46.9 Å². The van der Waals surface area contributed by atoms with E-state index in [1.807, 2.05) is 0 Å². The molecular formula is C48H93NO5. The standard InChI is InChI=1S/C48H93NO5/c1-4-7-10-13-16-19-22-23-26-28-31-34-37-40-46(51)45(43-50)49-47(52)42-44(39-36-33-30-27-24-20-17-14-11-8-5-2)54-48(53)41-38-35-32-29-25-21-18-15-12-9-6-3/h27,30,44-46,50-51H,4-26,28-29,31-43H2,1-3H3,(H,49,52)/b30-27-. The number of aliphatic hydroxyl groups is 2. The number of esters is 1. The van der Waals surface area contributed by atoms with Crippen LogP contribution in [0, 0.1) is 0 Å². The summed E-state index contributed by atoms with van der Waals surface area (Å²) in [6.07, 6.45) is 45.6. The summed E-state index contributed by atoms with van der Waals surface area (Å²) in [5.74, 6) is -0.493. The van der Waals surface area contributed by atoms with E-state index < -0.39 is 18.2 Å². The second-order valence-electron chi connectivity index (χ2n) is 16.5. The highest BCUT2D eigenvalue weighted by atomic mass is 16.5. The third-order valence-corrected chi connectivity index (χ3v) is 11.1. The lowest BCUT2D eigenvalue weighted by Gasteiger charge is -2.24. The van der Waals surface area contributed by atoms with Crippen molar-refractivity contribution in [2.75, 3.05) is 6.61 Å². The van der Waals surface area contributed by atoms with E-state index in [1.54, 1.807) is 0 Å². The zero-order valence-corrected chi connectivity index (χ0v) is 36.4. The van der Waals surface area contributed by atoms with Gasteiger partial charge in [0.05, 0.1) is 25.2 Å². The highest BCUT2D eigenvalue weighted by Crippen LogP contribution is 2.17. The molecule has 0 fully saturated rings. The molecule has 0 radical (unpaired) electrons. The number of aliphatic hydroxyl groups excluding tert-OH is 2. The molecule has 0 spiro atoms. The van der Waals surface area contributed by atoms with Crippen LogP contribution in [0.5, 0.6) is 0 Å². The van der Waals surface area contributed by atoms with Crippen LogP contribution in [0.2, 0.25) is 0 Å². The number of amides is 1. The third-order valence-electron chi connectivity index (χ3n) is 11.1. The monoisotopic (exact) mass is 764 g/mol. The molecule has 3 N–H and O–H groups in total. The summed E-state index contributed by atoms with van der Waals surface area (Å²) in [6.45, 7) is 6.46. The van der Waals surface area contributed by atoms with Gasteiger partial charge in [0.25, 0.3) is 0 Å². The van der Waals surface area contributed by atoms with Crippen LogP contribution in [0.1, 0.15) is 258 Å². The molecule has 0 aliphatic carbocycles. The highest BCUT2D eigenvalue weighted by molar-refractivity contribution is 5.77. The molecule has 0 saturated carbocycles. The van der Waals surface area contributed by atoms with Crippen LogP contribution >= 0.6 is 0 Å². The van der Waals surface area contributed by atoms with E-state index in [0.717, 1.165) is 51.4 Å². The minimum atomic E-state index is -0.787. The molecule has 0 bridgehead atoms. The van der Waals surface area contributed by atoms with Gasteiger partial charge in [0, 0.05) is 6.42 Å². The normalized spacial score (nSPS) is 13.4. The van der Waals surface area contributed by atoms with Crippen molar-refractivity contribution in [2.45, 2.75) is 277 Å². The van der Waals surface area contributed by atoms with Crippen LogP contribution in [-0.2, 0) is 14.3 Å². The van der Waals surface area contributed by atoms with Crippen molar-refractivity contribution in [3.8, 4) is 0 Å². The lowest BCUT2D eigenvalue weighted by molar-refractivity contribution is -0.151. The molecule has 0 aromatic heterocycles. The molecule has 0 aliphatic rings. The van der Waals surface area contributed by atoms with Gasteiger partial charge in [0.1, 0.15) is 6.10 Å². The van der Waals surface area contributed by atoms with Crippen molar-refractivity contribution in [3.63, 3.8) is 0 Å². The van der Waals surface area contributed by atoms with Gasteiger partial charge in [-0.25, -0.2) is 0 Å². The van der Waals surface area contributed by atoms with Crippen LogP contribution in [0.4, 0.5) is 0 Å². The Labute approximate surface area is 336 Å². The molecule has 0 aromatic carbocycles. The Morgan fingerprint density at radius 3 is 1.35 bits per heavy atom. The Morgan fingerprint density at radius 2 is 0.907 bits per heavy atom. The number of rotatable bonds is 43. The summed E-state index contributed by atoms with van der Waals surface area (Å²) in [5.41, 5.74) is 0. The Hall–Kier alpha value is -1.40. The van der Waals surface area contributed by atoms with Crippen molar-refractivity contribution >= 4 is 11.9 Å². The van der Waals surface area contributed by atoms with Crippen LogP contribution in [0.25, 0.3) is 0 Å². The lowest BCUT2D eigenvalue weighted by Crippen LogP contribution is -2.46. The molecule has 1 amide bonds. The smallest absolute Gasteiger partial charge is 0.306 e. The van der Waals surface area contributed by atoms with E-state index in [2.05, 4.69) is 38.2 Å². The van der Waals surface area contributed by atoms with Crippen molar-refractivity contribution in [2.24, 2.45) is 0 Å². The van der Waals surface area contributed by atoms with Gasteiger partial charge in [0.2, 0.25) is 5.91 Å². The van der Waals surface area contributed by atoms with E-state index in [1.165, 1.54) is 161 Å². The van der Waals surface area contributed by atoms with E-state index in [9.17, 15) is 19.8 Å². The van der Waals surface area contributed by atoms with Crippen molar-refractivity contribution < 1.29 is 24.5 Å². The molecule has 320 valence electrons. The summed E-state index contributed by atoms with van der Waals surface area (Å²) in [5, 5.41) is 23.7. The number of carbonyl (C=O) groups excluding carboxylic acids is 2. The summed E-state index contributed by atoms with van der Waals surface area (Å²) >= 11 is 0. The Kier molecular flexibility index (Phi) is 41.6. The molecule has 0 rings (SSSR count). The Morgan fingerprint density at radius 1 is 0.519 bits per heavy atom. The first kappa shape index (κ1) is 52.6. The Bertz CT molecular complexity index is 817. The number of nitrogens with one attached hydrogen (secondary N) is 1. The predicted octanol–water partition coefficient (Wildman–Crippen LogP) is 13.8. The number of carbonyl (C=O) groups is 2. The summed E-state index contributed by atoms with van der Waals surface area (Å²) in [4.78, 5) is 26.0. The fraction of sp³-hybridized carbons (Fsp3) is 0.917. The van der Waals surface area contributed by atoms with E-state index >= 15 is 0 Å². The maximum Gasteiger partial charge on any atom is 0.306 e. The zero-order valence-electron chi connectivity index (χ0n) is 36.4. The first-order valence-corrected chi connectivity index (χ1v) is 23.9. The van der Waals surface area contributed by atoms with E-state index in [-0.39, 0.29) is 24.9 Å². The van der Waals surface area contributed by atoms with Gasteiger partial charge in [-0.2, -0.15) is 0 Å². The van der Waals surface area contributed by atoms with Crippen LogP contribution in [0.15, 0.2) is 12.2 Å². The van der Waals surface area contributed by atoms with Gasteiger partial charge >= 0.3 is 5.97 Å². The molecule has 0 aromatic rings. The first-order chi connectivity index (χ1) is 26.5. The molecule has 0 aliphatic heterocycles. The lowest BCUT2D eigenvalue weighted by atomic mass is 10.0. The highest BCUT2D eigenvalue weighted by Gasteiger charge is 2.24. The molecule has 6 nitrogen and oxygen atoms in total. The third kappa shape index (κ3) is 37.5. The number of allylic oxidation sites excluding steroid dienone is 2. The van der Waals surface area contributed by atoms with Crippen molar-refractivity contribution in [1.29, 1.82) is 0 Å². The average Bonchev–Trinajstić information content (AvgIpc) is 3.16. The minimum absolute atomic E-state index is 0.0629. The maximum atomic E-state index is 13.1. The van der Waals surface area contributed by atoms with Crippen LogP contribution < -0.4 is 5.32 Å².